The third kappa shape index (κ3) is 2.88. The van der Waals surface area contributed by atoms with Crippen molar-refractivity contribution in [3.63, 3.8) is 0 Å². The molecule has 2 rings (SSSR count). The van der Waals surface area contributed by atoms with Crippen molar-refractivity contribution in [2.75, 3.05) is 26.2 Å². The van der Waals surface area contributed by atoms with Crippen LogP contribution in [0.25, 0.3) is 0 Å². The van der Waals surface area contributed by atoms with E-state index in [2.05, 4.69) is 11.8 Å². The van der Waals surface area contributed by atoms with E-state index in [9.17, 15) is 4.39 Å². The summed E-state index contributed by atoms with van der Waals surface area (Å²) in [7, 11) is 0. The van der Waals surface area contributed by atoms with Gasteiger partial charge in [-0.15, -0.1) is 0 Å². The van der Waals surface area contributed by atoms with Crippen LogP contribution in [0.5, 0.6) is 0 Å². The van der Waals surface area contributed by atoms with Gasteiger partial charge in [0, 0.05) is 25.7 Å². The third-order valence-electron chi connectivity index (χ3n) is 3.52. The Balaban J connectivity index is 2.18. The molecule has 1 fully saturated rings. The Labute approximate surface area is 108 Å². The first-order chi connectivity index (χ1) is 8.61. The van der Waals surface area contributed by atoms with E-state index in [1.165, 1.54) is 0 Å². The number of nitrogens with zero attached hydrogens (tertiary/aromatic N) is 1. The zero-order valence-corrected chi connectivity index (χ0v) is 11.0. The molecule has 2 atom stereocenters. The van der Waals surface area contributed by atoms with Crippen LogP contribution in [0.15, 0.2) is 18.2 Å². The Morgan fingerprint density at radius 2 is 2.33 bits per heavy atom. The minimum absolute atomic E-state index is 0.0754. The predicted molar refractivity (Wildman–Crippen MR) is 69.9 cm³/mol. The molecular formula is C14H21FN2O. The van der Waals surface area contributed by atoms with Crippen LogP contribution < -0.4 is 5.73 Å². The lowest BCUT2D eigenvalue weighted by atomic mass is 10.0. The summed E-state index contributed by atoms with van der Waals surface area (Å²) in [6, 6.07) is 5.46. The maximum atomic E-state index is 13.6. The molecule has 1 aliphatic rings. The second kappa shape index (κ2) is 5.78. The fraction of sp³-hybridized carbons (Fsp3) is 0.571. The standard InChI is InChI=1S/C14H21FN2O/c1-10-3-4-12(7-13(10)15)14(8-16)17-5-6-18-11(2)9-17/h3-4,7,11,14H,5-6,8-9,16H2,1-2H3. The lowest BCUT2D eigenvalue weighted by molar-refractivity contribution is -0.0333. The maximum Gasteiger partial charge on any atom is 0.126 e. The molecule has 1 aromatic rings. The van der Waals surface area contributed by atoms with Crippen LogP contribution >= 0.6 is 0 Å². The Bertz CT molecular complexity index is 411. The van der Waals surface area contributed by atoms with E-state index in [4.69, 9.17) is 10.5 Å². The number of benzene rings is 1. The monoisotopic (exact) mass is 252 g/mol. The van der Waals surface area contributed by atoms with Crippen molar-refractivity contribution in [3.8, 4) is 0 Å². The molecule has 4 heteroatoms. The largest absolute Gasteiger partial charge is 0.376 e. The first-order valence-electron chi connectivity index (χ1n) is 6.43. The fourth-order valence-corrected chi connectivity index (χ4v) is 2.44. The van der Waals surface area contributed by atoms with Gasteiger partial charge in [-0.25, -0.2) is 4.39 Å². The molecule has 2 unspecified atom stereocenters. The zero-order valence-electron chi connectivity index (χ0n) is 11.0. The Kier molecular flexibility index (Phi) is 4.32. The van der Waals surface area contributed by atoms with Gasteiger partial charge in [-0.05, 0) is 31.0 Å². The number of morpholine rings is 1. The summed E-state index contributed by atoms with van der Waals surface area (Å²) in [6.07, 6.45) is 0.211. The molecule has 0 bridgehead atoms. The summed E-state index contributed by atoms with van der Waals surface area (Å²) in [5.74, 6) is -0.160. The van der Waals surface area contributed by atoms with Crippen molar-refractivity contribution in [1.29, 1.82) is 0 Å². The molecule has 2 N–H and O–H groups in total. The Morgan fingerprint density at radius 1 is 1.56 bits per heavy atom. The highest BCUT2D eigenvalue weighted by Crippen LogP contribution is 2.23. The van der Waals surface area contributed by atoms with Gasteiger partial charge in [0.1, 0.15) is 5.82 Å². The van der Waals surface area contributed by atoms with Crippen molar-refractivity contribution in [2.45, 2.75) is 26.0 Å². The van der Waals surface area contributed by atoms with Gasteiger partial charge in [-0.1, -0.05) is 12.1 Å². The van der Waals surface area contributed by atoms with Crippen LogP contribution in [-0.2, 0) is 4.74 Å². The van der Waals surface area contributed by atoms with Crippen LogP contribution in [0.2, 0.25) is 0 Å². The molecule has 0 aliphatic carbocycles. The minimum Gasteiger partial charge on any atom is -0.376 e. The van der Waals surface area contributed by atoms with E-state index in [0.29, 0.717) is 18.7 Å². The van der Waals surface area contributed by atoms with E-state index >= 15 is 0 Å². The first-order valence-corrected chi connectivity index (χ1v) is 6.43. The quantitative estimate of drug-likeness (QED) is 0.892. The second-order valence-electron chi connectivity index (χ2n) is 4.94. The van der Waals surface area contributed by atoms with Gasteiger partial charge in [-0.2, -0.15) is 0 Å². The molecule has 1 aromatic carbocycles. The Hall–Kier alpha value is -0.970. The maximum absolute atomic E-state index is 13.6. The summed E-state index contributed by atoms with van der Waals surface area (Å²) in [5.41, 5.74) is 7.49. The average Bonchev–Trinajstić information content (AvgIpc) is 2.35. The lowest BCUT2D eigenvalue weighted by Crippen LogP contribution is -2.45. The summed E-state index contributed by atoms with van der Waals surface area (Å²) < 4.78 is 19.2. The summed E-state index contributed by atoms with van der Waals surface area (Å²) in [4.78, 5) is 2.28. The fourth-order valence-electron chi connectivity index (χ4n) is 2.44. The molecule has 1 aliphatic heterocycles. The number of rotatable bonds is 3. The minimum atomic E-state index is -0.160. The topological polar surface area (TPSA) is 38.5 Å². The Morgan fingerprint density at radius 3 is 2.94 bits per heavy atom. The SMILES string of the molecule is Cc1ccc(C(CN)N2CCOC(C)C2)cc1F. The molecule has 0 saturated carbocycles. The molecule has 100 valence electrons. The highest BCUT2D eigenvalue weighted by molar-refractivity contribution is 5.26. The second-order valence-corrected chi connectivity index (χ2v) is 4.94. The van der Waals surface area contributed by atoms with Gasteiger partial charge >= 0.3 is 0 Å². The van der Waals surface area contributed by atoms with Gasteiger partial charge in [-0.3, -0.25) is 4.90 Å². The van der Waals surface area contributed by atoms with Gasteiger partial charge < -0.3 is 10.5 Å². The molecule has 0 spiro atoms. The van der Waals surface area contributed by atoms with Crippen LogP contribution in [0.1, 0.15) is 24.1 Å². The van der Waals surface area contributed by atoms with E-state index < -0.39 is 0 Å². The first kappa shape index (κ1) is 13.5. The molecule has 0 aromatic heterocycles. The van der Waals surface area contributed by atoms with Crippen molar-refractivity contribution >= 4 is 0 Å². The van der Waals surface area contributed by atoms with E-state index in [1.54, 1.807) is 13.0 Å². The highest BCUT2D eigenvalue weighted by Gasteiger charge is 2.24. The molecule has 1 saturated heterocycles. The van der Waals surface area contributed by atoms with Crippen molar-refractivity contribution in [1.82, 2.24) is 4.90 Å². The van der Waals surface area contributed by atoms with Gasteiger partial charge in [0.15, 0.2) is 0 Å². The molecule has 3 nitrogen and oxygen atoms in total. The predicted octanol–water partition coefficient (Wildman–Crippen LogP) is 1.85. The zero-order chi connectivity index (χ0) is 13.1. The smallest absolute Gasteiger partial charge is 0.126 e. The molecular weight excluding hydrogens is 231 g/mol. The third-order valence-corrected chi connectivity index (χ3v) is 3.52. The van der Waals surface area contributed by atoms with Gasteiger partial charge in [0.25, 0.3) is 0 Å². The van der Waals surface area contributed by atoms with Crippen molar-refractivity contribution < 1.29 is 9.13 Å². The van der Waals surface area contributed by atoms with Crippen LogP contribution in [0.4, 0.5) is 4.39 Å². The van der Waals surface area contributed by atoms with E-state index in [1.807, 2.05) is 12.1 Å². The number of ether oxygens (including phenoxy) is 1. The molecule has 0 amide bonds. The number of hydrogen-bond acceptors (Lipinski definition) is 3. The van der Waals surface area contributed by atoms with Crippen LogP contribution in [0.3, 0.4) is 0 Å². The van der Waals surface area contributed by atoms with Crippen LogP contribution in [-0.4, -0.2) is 37.2 Å². The average molecular weight is 252 g/mol. The highest BCUT2D eigenvalue weighted by atomic mass is 19.1. The van der Waals surface area contributed by atoms with Gasteiger partial charge in [0.2, 0.25) is 0 Å². The number of nitrogens with two attached hydrogens (primary N) is 1. The van der Waals surface area contributed by atoms with Crippen LogP contribution in [0, 0.1) is 12.7 Å². The normalized spacial score (nSPS) is 23.0. The van der Waals surface area contributed by atoms with Crippen molar-refractivity contribution in [3.05, 3.63) is 35.1 Å². The van der Waals surface area contributed by atoms with Gasteiger partial charge in [0.05, 0.1) is 12.7 Å². The summed E-state index contributed by atoms with van der Waals surface area (Å²) >= 11 is 0. The summed E-state index contributed by atoms with van der Waals surface area (Å²) in [5, 5.41) is 0. The number of halogens is 1. The number of hydrogen-bond donors (Lipinski definition) is 1. The number of aryl methyl sites for hydroxylation is 1. The molecule has 0 radical (unpaired) electrons. The molecule has 1 heterocycles. The van der Waals surface area contributed by atoms with Crippen molar-refractivity contribution in [2.24, 2.45) is 5.73 Å². The lowest BCUT2D eigenvalue weighted by Gasteiger charge is -2.37. The molecule has 18 heavy (non-hydrogen) atoms. The summed E-state index contributed by atoms with van der Waals surface area (Å²) in [6.45, 7) is 6.73. The van der Waals surface area contributed by atoms with E-state index in [0.717, 1.165) is 18.7 Å². The van der Waals surface area contributed by atoms with E-state index in [-0.39, 0.29) is 18.0 Å².